The van der Waals surface area contributed by atoms with Crippen molar-refractivity contribution in [1.82, 2.24) is 0 Å². The van der Waals surface area contributed by atoms with E-state index in [0.717, 1.165) is 89.9 Å². The summed E-state index contributed by atoms with van der Waals surface area (Å²) in [6.07, 6.45) is 83.4. The highest BCUT2D eigenvalue weighted by atomic mass is 31.2. The fourth-order valence-corrected chi connectivity index (χ4v) is 16.2. The molecule has 0 bridgehead atoms. The molecule has 0 aromatic rings. The Morgan fingerprint density at radius 3 is 0.532 bits per heavy atom. The molecule has 0 aliphatic carbocycles. The van der Waals surface area contributed by atoms with Crippen molar-refractivity contribution in [2.45, 2.75) is 528 Å². The highest BCUT2D eigenvalue weighted by Gasteiger charge is 2.31. The molecule has 0 aliphatic heterocycles. The average molecular weight is 1620 g/mol. The molecule has 0 aliphatic rings. The predicted molar refractivity (Wildman–Crippen MR) is 460 cm³/mol. The normalized spacial score (nSPS) is 13.6. The highest BCUT2D eigenvalue weighted by molar-refractivity contribution is 7.47. The summed E-state index contributed by atoms with van der Waals surface area (Å²) in [6, 6.07) is 0. The van der Waals surface area contributed by atoms with Crippen molar-refractivity contribution in [1.29, 1.82) is 0 Å². The van der Waals surface area contributed by atoms with Crippen LogP contribution in [0.15, 0.2) is 0 Å². The molecule has 0 amide bonds. The summed E-state index contributed by atoms with van der Waals surface area (Å²) in [6.45, 7) is 5.10. The standard InChI is InChI=1S/C92H180O17P2/c1-5-9-13-17-21-25-29-33-36-39-42-43-44-45-48-51-55-59-63-67-71-75-79-92(97)109-88(83-103-90(95)77-73-69-65-61-57-53-49-46-40-37-34-30-26-22-18-14-10-6-2)85-107-111(100,101)105-81-86(93)80-104-110(98,99)106-84-87(82-102-89(94)76-72-68-64-60-56-52-32-28-24-20-16-12-8-4)108-91(96)78-74-70-66-62-58-54-50-47-41-38-35-31-27-23-19-15-11-7-3/h86-88,93H,5-85H2,1-4H3,(H,98,99)(H,100,101)/t86-,87+,88+/m0/s1. The monoisotopic (exact) mass is 1620 g/mol. The minimum atomic E-state index is -4.97. The first-order valence-electron chi connectivity index (χ1n) is 47.8. The molecule has 5 atom stereocenters. The van der Waals surface area contributed by atoms with Crippen LogP contribution in [0.5, 0.6) is 0 Å². The van der Waals surface area contributed by atoms with Crippen LogP contribution in [0.3, 0.4) is 0 Å². The van der Waals surface area contributed by atoms with Crippen LogP contribution in [0.25, 0.3) is 0 Å². The maximum atomic E-state index is 13.2. The number of ether oxygens (including phenoxy) is 4. The third-order valence-electron chi connectivity index (χ3n) is 21.9. The summed E-state index contributed by atoms with van der Waals surface area (Å²) < 4.78 is 69.1. The van der Waals surface area contributed by atoms with Crippen molar-refractivity contribution in [2.24, 2.45) is 0 Å². The van der Waals surface area contributed by atoms with Crippen LogP contribution in [0.2, 0.25) is 0 Å². The van der Waals surface area contributed by atoms with Crippen molar-refractivity contribution in [3.05, 3.63) is 0 Å². The van der Waals surface area contributed by atoms with Crippen molar-refractivity contribution < 1.29 is 80.2 Å². The Bertz CT molecular complexity index is 2090. The molecule has 0 spiro atoms. The summed E-state index contributed by atoms with van der Waals surface area (Å²) in [5.74, 6) is -2.09. The lowest BCUT2D eigenvalue weighted by Gasteiger charge is -2.21. The molecule has 0 heterocycles. The molecule has 0 fully saturated rings. The Morgan fingerprint density at radius 1 is 0.216 bits per heavy atom. The van der Waals surface area contributed by atoms with Crippen LogP contribution in [-0.4, -0.2) is 96.7 Å². The molecule has 2 unspecified atom stereocenters. The first-order chi connectivity index (χ1) is 54.2. The molecule has 0 saturated carbocycles. The van der Waals surface area contributed by atoms with Gasteiger partial charge in [-0.15, -0.1) is 0 Å². The van der Waals surface area contributed by atoms with E-state index >= 15 is 0 Å². The highest BCUT2D eigenvalue weighted by Crippen LogP contribution is 2.45. The minimum absolute atomic E-state index is 0.110. The van der Waals surface area contributed by atoms with Gasteiger partial charge in [-0.3, -0.25) is 37.3 Å². The van der Waals surface area contributed by atoms with Gasteiger partial charge < -0.3 is 33.8 Å². The van der Waals surface area contributed by atoms with Crippen LogP contribution in [0.4, 0.5) is 0 Å². The molecule has 0 aromatic carbocycles. The third kappa shape index (κ3) is 85.8. The number of aliphatic hydroxyl groups is 1. The smallest absolute Gasteiger partial charge is 0.462 e. The Kier molecular flexibility index (Phi) is 84.4. The van der Waals surface area contributed by atoms with E-state index in [0.29, 0.717) is 25.7 Å². The van der Waals surface area contributed by atoms with Gasteiger partial charge in [0, 0.05) is 25.7 Å². The number of esters is 4. The van der Waals surface area contributed by atoms with E-state index in [-0.39, 0.29) is 25.7 Å². The Balaban J connectivity index is 5.25. The molecule has 0 saturated heterocycles. The second kappa shape index (κ2) is 85.9. The van der Waals surface area contributed by atoms with Gasteiger partial charge in [-0.25, -0.2) is 9.13 Å². The number of rotatable bonds is 93. The lowest BCUT2D eigenvalue weighted by atomic mass is 10.0. The van der Waals surface area contributed by atoms with E-state index in [1.165, 1.54) is 340 Å². The third-order valence-corrected chi connectivity index (χ3v) is 23.8. The number of phosphoric ester groups is 2. The zero-order chi connectivity index (χ0) is 81.0. The van der Waals surface area contributed by atoms with Crippen molar-refractivity contribution in [2.75, 3.05) is 39.6 Å². The van der Waals surface area contributed by atoms with Gasteiger partial charge in [-0.1, -0.05) is 458 Å². The van der Waals surface area contributed by atoms with E-state index < -0.39 is 97.5 Å². The van der Waals surface area contributed by atoms with Gasteiger partial charge in [-0.05, 0) is 25.7 Å². The van der Waals surface area contributed by atoms with Gasteiger partial charge in [0.25, 0.3) is 0 Å². The van der Waals surface area contributed by atoms with Crippen LogP contribution in [0.1, 0.15) is 509 Å². The molecule has 17 nitrogen and oxygen atoms in total. The first kappa shape index (κ1) is 109. The van der Waals surface area contributed by atoms with Gasteiger partial charge in [-0.2, -0.15) is 0 Å². The van der Waals surface area contributed by atoms with Crippen LogP contribution >= 0.6 is 15.6 Å². The van der Waals surface area contributed by atoms with Crippen LogP contribution < -0.4 is 0 Å². The Morgan fingerprint density at radius 2 is 0.360 bits per heavy atom. The number of aliphatic hydroxyl groups excluding tert-OH is 1. The van der Waals surface area contributed by atoms with Gasteiger partial charge in [0.1, 0.15) is 19.3 Å². The van der Waals surface area contributed by atoms with E-state index in [2.05, 4.69) is 27.7 Å². The van der Waals surface area contributed by atoms with Crippen LogP contribution in [0, 0.1) is 0 Å². The molecule has 0 aromatic heterocycles. The number of hydrogen-bond donors (Lipinski definition) is 3. The Labute approximate surface area is 683 Å². The molecular weight excluding hydrogens is 1440 g/mol. The molecule has 0 rings (SSSR count). The summed E-state index contributed by atoms with van der Waals surface area (Å²) >= 11 is 0. The number of carbonyl (C=O) groups excluding carboxylic acids is 4. The fraction of sp³-hybridized carbons (Fsp3) is 0.957. The van der Waals surface area contributed by atoms with E-state index in [4.69, 9.17) is 37.0 Å². The fourth-order valence-electron chi connectivity index (χ4n) is 14.6. The number of hydrogen-bond acceptors (Lipinski definition) is 15. The summed E-state index contributed by atoms with van der Waals surface area (Å²) in [5, 5.41) is 10.7. The van der Waals surface area contributed by atoms with Gasteiger partial charge >= 0.3 is 39.5 Å². The summed E-state index contributed by atoms with van der Waals surface area (Å²) in [4.78, 5) is 73.5. The van der Waals surface area contributed by atoms with Gasteiger partial charge in [0.15, 0.2) is 12.2 Å². The second-order valence-electron chi connectivity index (χ2n) is 33.1. The number of phosphoric acid groups is 2. The van der Waals surface area contributed by atoms with Gasteiger partial charge in [0.2, 0.25) is 0 Å². The van der Waals surface area contributed by atoms with E-state index in [1.54, 1.807) is 0 Å². The van der Waals surface area contributed by atoms with E-state index in [1.807, 2.05) is 0 Å². The van der Waals surface area contributed by atoms with Crippen LogP contribution in [-0.2, 0) is 65.4 Å². The topological polar surface area (TPSA) is 237 Å². The molecular formula is C92H180O17P2. The lowest BCUT2D eigenvalue weighted by molar-refractivity contribution is -0.161. The molecule has 111 heavy (non-hydrogen) atoms. The number of carbonyl (C=O) groups is 4. The molecule has 0 radical (unpaired) electrons. The van der Waals surface area contributed by atoms with Crippen molar-refractivity contribution >= 4 is 39.5 Å². The zero-order valence-corrected chi connectivity index (χ0v) is 74.7. The minimum Gasteiger partial charge on any atom is -0.462 e. The average Bonchev–Trinajstić information content (AvgIpc) is 0.895. The Hall–Kier alpha value is -1.94. The van der Waals surface area contributed by atoms with Crippen molar-refractivity contribution in [3.8, 4) is 0 Å². The summed E-state index contributed by atoms with van der Waals surface area (Å²) in [5.41, 5.74) is 0. The molecule has 660 valence electrons. The second-order valence-corrected chi connectivity index (χ2v) is 36.0. The van der Waals surface area contributed by atoms with E-state index in [9.17, 15) is 43.2 Å². The van der Waals surface area contributed by atoms with Gasteiger partial charge in [0.05, 0.1) is 26.4 Å². The molecule has 19 heteroatoms. The molecule has 3 N–H and O–H groups in total. The SMILES string of the molecule is CCCCCCCCCCCCCCCCCCCCCCCCC(=O)O[C@H](COC(=O)CCCCCCCCCCCCCCCCCCCC)COP(=O)(O)OC[C@@H](O)COP(=O)(O)OC[C@@H](COC(=O)CCCCCCCCCCCCCCC)OC(=O)CCCCCCCCCCCCCCCCCCCC. The predicted octanol–water partition coefficient (Wildman–Crippen LogP) is 28.9. The first-order valence-corrected chi connectivity index (χ1v) is 50.8. The maximum absolute atomic E-state index is 13.2. The lowest BCUT2D eigenvalue weighted by Crippen LogP contribution is -2.30. The zero-order valence-electron chi connectivity index (χ0n) is 73.0. The number of unbranched alkanes of at least 4 members (excludes halogenated alkanes) is 67. The van der Waals surface area contributed by atoms with Crippen molar-refractivity contribution in [3.63, 3.8) is 0 Å². The quantitative estimate of drug-likeness (QED) is 0.0222. The largest absolute Gasteiger partial charge is 0.472 e. The summed E-state index contributed by atoms with van der Waals surface area (Å²) in [7, 11) is -9.94. The maximum Gasteiger partial charge on any atom is 0.472 e.